The third kappa shape index (κ3) is 8.40. The van der Waals surface area contributed by atoms with Crippen molar-refractivity contribution in [3.05, 3.63) is 130 Å². The summed E-state index contributed by atoms with van der Waals surface area (Å²) in [6.45, 7) is 21.7. The molecule has 0 saturated heterocycles. The maximum absolute atomic E-state index is 15.8. The maximum Gasteiger partial charge on any atom is 0.265 e. The largest absolute Gasteiger partial charge is 0.549 e. The van der Waals surface area contributed by atoms with Crippen LogP contribution in [0.15, 0.2) is 94.9 Å². The molecular formula is C51H66N2O9Si2. The van der Waals surface area contributed by atoms with Crippen molar-refractivity contribution in [2.75, 3.05) is 21.2 Å². The van der Waals surface area contributed by atoms with Crippen LogP contribution in [-0.2, 0) is 34.9 Å². The molecular weight excluding hydrogens is 841 g/mol. The second-order valence-electron chi connectivity index (χ2n) is 20.8. The van der Waals surface area contributed by atoms with Crippen molar-refractivity contribution in [3.63, 3.8) is 0 Å². The Labute approximate surface area is 381 Å². The molecule has 0 bridgehead atoms. The number of allylic oxidation sites excluding steroid dienone is 2. The standard InChI is InChI=1S/C51H66N2O9Si2/c1-49(2,3)63(10,11)60-26-20-25-34-29-38(57-9)36-27-35-28-37-42(53(7)8)45-41(48(52-61-45)59-31-33-23-18-15-19-24-33)47(56)51(37,62-64(12,13)50(4,5)6)46(55)39(35)43(54)40(36)44(34)58-30-32-21-16-14-17-22-32/h14-24,26,29,35,37,42,55H,25,27-28,30-31H2,1-13H3/b26-20-/t35-,37-,42-,51-/m0/s1. The average molecular weight is 907 g/mol. The molecule has 0 radical (unpaired) electrons. The summed E-state index contributed by atoms with van der Waals surface area (Å²) in [6.07, 6.45) is 4.79. The molecule has 0 spiro atoms. The van der Waals surface area contributed by atoms with Gasteiger partial charge in [0.1, 0.15) is 36.0 Å². The first-order valence-corrected chi connectivity index (χ1v) is 28.1. The molecule has 0 aliphatic heterocycles. The molecule has 0 saturated carbocycles. The first-order chi connectivity index (χ1) is 30.0. The monoisotopic (exact) mass is 906 g/mol. The van der Waals surface area contributed by atoms with Gasteiger partial charge in [-0.15, -0.1) is 0 Å². The number of fused-ring (bicyclic) bond motifs is 4. The van der Waals surface area contributed by atoms with Crippen LogP contribution in [0.1, 0.15) is 103 Å². The number of Topliss-reactive ketones (excluding diaryl/α,β-unsaturated/α-hetero) is 2. The van der Waals surface area contributed by atoms with E-state index in [2.05, 4.69) is 72.9 Å². The Morgan fingerprint density at radius 3 is 2.03 bits per heavy atom. The molecule has 13 heteroatoms. The highest BCUT2D eigenvalue weighted by atomic mass is 28.4. The lowest BCUT2D eigenvalue weighted by Gasteiger charge is -2.55. The Hall–Kier alpha value is -4.96. The summed E-state index contributed by atoms with van der Waals surface area (Å²) in [4.78, 5) is 33.4. The van der Waals surface area contributed by atoms with Gasteiger partial charge in [0, 0.05) is 22.6 Å². The van der Waals surface area contributed by atoms with Crippen molar-refractivity contribution in [1.82, 2.24) is 10.1 Å². The van der Waals surface area contributed by atoms with Crippen molar-refractivity contribution in [3.8, 4) is 17.4 Å². The van der Waals surface area contributed by atoms with Crippen LogP contribution in [0.5, 0.6) is 17.4 Å². The summed E-state index contributed by atoms with van der Waals surface area (Å²) in [5.41, 5.74) is 1.85. The molecule has 0 amide bonds. The predicted molar refractivity (Wildman–Crippen MR) is 253 cm³/mol. The minimum Gasteiger partial charge on any atom is -0.549 e. The number of benzene rings is 3. The van der Waals surface area contributed by atoms with E-state index in [1.54, 1.807) is 13.4 Å². The average Bonchev–Trinajstić information content (AvgIpc) is 3.65. The molecule has 1 heterocycles. The van der Waals surface area contributed by atoms with E-state index >= 15 is 9.59 Å². The van der Waals surface area contributed by atoms with E-state index in [0.717, 1.165) is 16.7 Å². The number of ketones is 2. The Balaban J connectivity index is 1.41. The summed E-state index contributed by atoms with van der Waals surface area (Å²) >= 11 is 0. The second kappa shape index (κ2) is 17.4. The highest BCUT2D eigenvalue weighted by Gasteiger charge is 2.67. The van der Waals surface area contributed by atoms with Crippen molar-refractivity contribution in [2.45, 2.75) is 122 Å². The Morgan fingerprint density at radius 1 is 0.875 bits per heavy atom. The predicted octanol–water partition coefficient (Wildman–Crippen LogP) is 11.4. The summed E-state index contributed by atoms with van der Waals surface area (Å²) in [5.74, 6) is -1.15. The van der Waals surface area contributed by atoms with Crippen LogP contribution in [0.2, 0.25) is 36.3 Å². The maximum atomic E-state index is 15.8. The highest BCUT2D eigenvalue weighted by molar-refractivity contribution is 6.74. The molecule has 3 aromatic carbocycles. The fraction of sp³-hybridized carbons (Fsp3) is 0.471. The number of carbonyl (C=O) groups excluding carboxylic acids is 2. The van der Waals surface area contributed by atoms with E-state index in [1.165, 1.54) is 0 Å². The van der Waals surface area contributed by atoms with Crippen molar-refractivity contribution in [2.24, 2.45) is 11.8 Å². The highest BCUT2D eigenvalue weighted by Crippen LogP contribution is 2.60. The van der Waals surface area contributed by atoms with Gasteiger partial charge in [-0.05, 0) is 104 Å². The molecule has 3 aliphatic carbocycles. The third-order valence-electron chi connectivity index (χ3n) is 14.4. The fourth-order valence-corrected chi connectivity index (χ4v) is 11.1. The van der Waals surface area contributed by atoms with E-state index in [4.69, 9.17) is 27.6 Å². The third-order valence-corrected chi connectivity index (χ3v) is 23.2. The lowest BCUT2D eigenvalue weighted by Crippen LogP contribution is -2.65. The van der Waals surface area contributed by atoms with Gasteiger partial charge in [0.25, 0.3) is 5.88 Å². The van der Waals surface area contributed by atoms with Crippen LogP contribution < -0.4 is 14.2 Å². The number of hydrogen-bond donors (Lipinski definition) is 1. The molecule has 0 unspecified atom stereocenters. The van der Waals surface area contributed by atoms with Crippen molar-refractivity contribution < 1.29 is 42.3 Å². The van der Waals surface area contributed by atoms with E-state index < -0.39 is 51.7 Å². The lowest BCUT2D eigenvalue weighted by molar-refractivity contribution is -0.0480. The molecule has 0 fully saturated rings. The van der Waals surface area contributed by atoms with Gasteiger partial charge in [-0.1, -0.05) is 102 Å². The van der Waals surface area contributed by atoms with Crippen LogP contribution in [0, 0.1) is 11.8 Å². The van der Waals surface area contributed by atoms with Crippen molar-refractivity contribution in [1.29, 1.82) is 0 Å². The van der Waals surface area contributed by atoms with Gasteiger partial charge in [0.05, 0.1) is 25.0 Å². The molecule has 342 valence electrons. The van der Waals surface area contributed by atoms with Gasteiger partial charge in [-0.25, -0.2) is 0 Å². The number of aromatic nitrogens is 1. The quantitative estimate of drug-likeness (QED) is 0.0958. The topological polar surface area (TPSA) is 130 Å². The lowest BCUT2D eigenvalue weighted by atomic mass is 9.58. The SMILES string of the molecule is COc1cc(C/C=C\O[Si](C)(C)C(C)(C)C)c(OCc2ccccc2)c2c1C[C@H]1C[C@H]3[C@H](N(C)C)c4onc(OCc5ccccc5)c4C(=O)[C@@]3(O[Si](C)(C)C(C)(C)C)C(O)=C1C2=O. The van der Waals surface area contributed by atoms with Crippen LogP contribution in [0.3, 0.4) is 0 Å². The minimum atomic E-state index is -2.92. The number of rotatable bonds is 14. The Bertz CT molecular complexity index is 2440. The zero-order valence-electron chi connectivity index (χ0n) is 39.9. The number of carbonyl (C=O) groups is 2. The van der Waals surface area contributed by atoms with Gasteiger partial charge >= 0.3 is 0 Å². The Morgan fingerprint density at radius 2 is 1.47 bits per heavy atom. The van der Waals surface area contributed by atoms with Crippen LogP contribution >= 0.6 is 0 Å². The first-order valence-electron chi connectivity index (χ1n) is 22.3. The summed E-state index contributed by atoms with van der Waals surface area (Å²) < 4.78 is 38.9. The number of aliphatic hydroxyl groups is 1. The molecule has 4 aromatic rings. The van der Waals surface area contributed by atoms with Gasteiger partial charge in [-0.2, -0.15) is 0 Å². The molecule has 7 rings (SSSR count). The fourth-order valence-electron chi connectivity index (χ4n) is 8.83. The van der Waals surface area contributed by atoms with Gasteiger partial charge in [0.15, 0.2) is 25.5 Å². The molecule has 4 atom stereocenters. The molecule has 1 aromatic heterocycles. The number of methoxy groups -OCH3 is 1. The van der Waals surface area contributed by atoms with Gasteiger partial charge in [-0.3, -0.25) is 14.5 Å². The number of nitrogens with zero attached hydrogens (tertiary/aromatic N) is 2. The van der Waals surface area contributed by atoms with Crippen LogP contribution in [0.4, 0.5) is 0 Å². The summed E-state index contributed by atoms with van der Waals surface area (Å²) in [6, 6.07) is 20.8. The molecule has 3 aliphatic rings. The minimum absolute atomic E-state index is 0.0123. The van der Waals surface area contributed by atoms with Crippen molar-refractivity contribution >= 4 is 28.2 Å². The second-order valence-corrected chi connectivity index (χ2v) is 30.3. The van der Waals surface area contributed by atoms with E-state index in [0.29, 0.717) is 47.6 Å². The normalized spacial score (nSPS) is 21.4. The zero-order chi connectivity index (χ0) is 46.6. The van der Waals surface area contributed by atoms with E-state index in [-0.39, 0.29) is 46.1 Å². The number of ether oxygens (including phenoxy) is 3. The Kier molecular flexibility index (Phi) is 12.8. The molecule has 64 heavy (non-hydrogen) atoms. The number of hydrogen-bond acceptors (Lipinski definition) is 11. The smallest absolute Gasteiger partial charge is 0.265 e. The summed E-state index contributed by atoms with van der Waals surface area (Å²) in [5, 5.41) is 17.2. The van der Waals surface area contributed by atoms with Gasteiger partial charge < -0.3 is 32.7 Å². The van der Waals surface area contributed by atoms with E-state index in [1.807, 2.05) is 91.8 Å². The first kappa shape index (κ1) is 47.0. The van der Waals surface area contributed by atoms with Crippen LogP contribution in [0.25, 0.3) is 0 Å². The van der Waals surface area contributed by atoms with E-state index in [9.17, 15) is 5.11 Å². The molecule has 1 N–H and O–H groups in total. The summed E-state index contributed by atoms with van der Waals surface area (Å²) in [7, 11) is 0.421. The molecule has 11 nitrogen and oxygen atoms in total. The van der Waals surface area contributed by atoms with Gasteiger partial charge in [0.2, 0.25) is 14.1 Å². The van der Waals surface area contributed by atoms with Crippen LogP contribution in [-0.4, -0.2) is 70.2 Å². The zero-order valence-corrected chi connectivity index (χ0v) is 41.9. The number of aliphatic hydroxyl groups excluding tert-OH is 1.